The van der Waals surface area contributed by atoms with E-state index in [0.29, 0.717) is 46.3 Å². The molecule has 2 amide bonds. The lowest BCUT2D eigenvalue weighted by molar-refractivity contribution is -0.125. The van der Waals surface area contributed by atoms with Crippen LogP contribution in [0, 0.1) is 0 Å². The molecular weight excluding hydrogens is 424 g/mol. The molecule has 2 aromatic heterocycles. The zero-order chi connectivity index (χ0) is 21.1. The molecule has 0 bridgehead atoms. The molecule has 30 heavy (non-hydrogen) atoms. The van der Waals surface area contributed by atoms with E-state index >= 15 is 0 Å². The van der Waals surface area contributed by atoms with Crippen molar-refractivity contribution in [1.29, 1.82) is 0 Å². The monoisotopic (exact) mass is 442 g/mol. The van der Waals surface area contributed by atoms with Crippen LogP contribution in [0.1, 0.15) is 11.5 Å². The van der Waals surface area contributed by atoms with E-state index in [-0.39, 0.29) is 11.8 Å². The van der Waals surface area contributed by atoms with Crippen molar-refractivity contribution >= 4 is 57.8 Å². The number of furan rings is 2. The third kappa shape index (κ3) is 4.01. The molecule has 0 aromatic carbocycles. The van der Waals surface area contributed by atoms with Crippen LogP contribution in [-0.2, 0) is 9.59 Å². The molecule has 0 aliphatic carbocycles. The second kappa shape index (κ2) is 8.80. The lowest BCUT2D eigenvalue weighted by atomic mass is 10.3. The first-order valence-corrected chi connectivity index (χ1v) is 11.4. The highest BCUT2D eigenvalue weighted by Gasteiger charge is 2.34. The first-order valence-electron chi connectivity index (χ1n) is 9.00. The molecule has 2 aliphatic heterocycles. The second-order valence-electron chi connectivity index (χ2n) is 6.20. The summed E-state index contributed by atoms with van der Waals surface area (Å²) in [4.78, 5) is 37.6. The van der Waals surface area contributed by atoms with Gasteiger partial charge in [-0.3, -0.25) is 19.4 Å². The summed E-state index contributed by atoms with van der Waals surface area (Å²) in [6.07, 6.45) is 10.0. The number of thioether (sulfide) groups is 2. The maximum atomic E-state index is 12.8. The molecule has 0 spiro atoms. The average Bonchev–Trinajstić information content (AvgIpc) is 3.53. The number of carbonyl (C=O) groups excluding carboxylic acids is 2. The molecule has 0 radical (unpaired) electrons. The SMILES string of the molecule is CSC1=N/C(=C\c2ccco2)C(=O)N1CCN1C(=O)/C(=C/c2ccco2)N=C1SC. The number of rotatable bonds is 5. The minimum atomic E-state index is -0.226. The van der Waals surface area contributed by atoms with Crippen molar-refractivity contribution in [2.24, 2.45) is 9.98 Å². The normalized spacial score (nSPS) is 19.4. The Hall–Kier alpha value is -2.98. The van der Waals surface area contributed by atoms with Crippen LogP contribution < -0.4 is 0 Å². The zero-order valence-electron chi connectivity index (χ0n) is 16.3. The Balaban J connectivity index is 1.48. The van der Waals surface area contributed by atoms with Gasteiger partial charge in [0.15, 0.2) is 10.3 Å². The molecular formula is C20H18N4O4S2. The average molecular weight is 443 g/mol. The minimum Gasteiger partial charge on any atom is -0.465 e. The molecule has 0 saturated carbocycles. The fourth-order valence-electron chi connectivity index (χ4n) is 2.98. The van der Waals surface area contributed by atoms with E-state index in [0.717, 1.165) is 0 Å². The van der Waals surface area contributed by atoms with Gasteiger partial charge in [-0.1, -0.05) is 23.5 Å². The Morgan fingerprint density at radius 2 is 1.27 bits per heavy atom. The quantitative estimate of drug-likeness (QED) is 0.660. The van der Waals surface area contributed by atoms with Crippen molar-refractivity contribution in [2.45, 2.75) is 0 Å². The zero-order valence-corrected chi connectivity index (χ0v) is 17.9. The van der Waals surface area contributed by atoms with Crippen LogP contribution in [0.3, 0.4) is 0 Å². The van der Waals surface area contributed by atoms with E-state index in [4.69, 9.17) is 8.83 Å². The van der Waals surface area contributed by atoms with Crippen molar-refractivity contribution < 1.29 is 18.4 Å². The van der Waals surface area contributed by atoms with Gasteiger partial charge < -0.3 is 8.83 Å². The Kier molecular flexibility index (Phi) is 5.96. The molecule has 0 N–H and O–H groups in total. The Labute approximate surface area is 181 Å². The van der Waals surface area contributed by atoms with Crippen LogP contribution in [0.25, 0.3) is 12.2 Å². The van der Waals surface area contributed by atoms with Crippen molar-refractivity contribution in [3.8, 4) is 0 Å². The fourth-order valence-corrected chi connectivity index (χ4v) is 4.15. The number of nitrogens with zero attached hydrogens (tertiary/aromatic N) is 4. The summed E-state index contributed by atoms with van der Waals surface area (Å²) in [5.74, 6) is 0.667. The van der Waals surface area contributed by atoms with E-state index in [2.05, 4.69) is 9.98 Å². The van der Waals surface area contributed by atoms with Crippen molar-refractivity contribution in [2.75, 3.05) is 25.6 Å². The van der Waals surface area contributed by atoms with Gasteiger partial charge >= 0.3 is 0 Å². The van der Waals surface area contributed by atoms with Gasteiger partial charge in [0.25, 0.3) is 11.8 Å². The molecule has 154 valence electrons. The predicted octanol–water partition coefficient (Wildman–Crippen LogP) is 3.38. The third-order valence-electron chi connectivity index (χ3n) is 4.38. The first kappa shape index (κ1) is 20.3. The molecule has 4 rings (SSSR count). The summed E-state index contributed by atoms with van der Waals surface area (Å²) in [5, 5.41) is 1.16. The number of hydrogen-bond acceptors (Lipinski definition) is 8. The second-order valence-corrected chi connectivity index (χ2v) is 7.75. The summed E-state index contributed by atoms with van der Waals surface area (Å²) >= 11 is 2.75. The molecule has 2 aromatic rings. The molecule has 0 atom stereocenters. The number of amidine groups is 2. The van der Waals surface area contributed by atoms with E-state index in [1.165, 1.54) is 23.5 Å². The van der Waals surface area contributed by atoms with E-state index < -0.39 is 0 Å². The summed E-state index contributed by atoms with van der Waals surface area (Å²) in [7, 11) is 0. The fraction of sp³-hybridized carbons (Fsp3) is 0.200. The summed E-state index contributed by atoms with van der Waals surface area (Å²) in [6.45, 7) is 0.598. The van der Waals surface area contributed by atoms with Gasteiger partial charge in [-0.15, -0.1) is 0 Å². The number of amides is 2. The van der Waals surface area contributed by atoms with Gasteiger partial charge in [0, 0.05) is 25.2 Å². The van der Waals surface area contributed by atoms with Crippen molar-refractivity contribution in [3.63, 3.8) is 0 Å². The highest BCUT2D eigenvalue weighted by Crippen LogP contribution is 2.25. The van der Waals surface area contributed by atoms with Crippen LogP contribution in [0.15, 0.2) is 67.0 Å². The van der Waals surface area contributed by atoms with E-state index in [1.807, 2.05) is 12.5 Å². The van der Waals surface area contributed by atoms with Gasteiger partial charge in [-0.05, 0) is 36.8 Å². The Morgan fingerprint density at radius 3 is 1.60 bits per heavy atom. The molecule has 10 heteroatoms. The van der Waals surface area contributed by atoms with Crippen molar-refractivity contribution in [1.82, 2.24) is 9.80 Å². The van der Waals surface area contributed by atoms with Gasteiger partial charge in [0.05, 0.1) is 12.5 Å². The number of aliphatic imine (C=N–C) groups is 2. The summed E-state index contributed by atoms with van der Waals surface area (Å²) in [5.41, 5.74) is 0.610. The van der Waals surface area contributed by atoms with Crippen LogP contribution in [0.2, 0.25) is 0 Å². The topological polar surface area (TPSA) is 91.6 Å². The largest absolute Gasteiger partial charge is 0.465 e. The standard InChI is InChI=1S/C20H18N4O4S2/c1-29-19-21-15(11-13-5-3-9-27-13)17(25)23(19)7-8-24-18(26)16(22-20(24)30-2)12-14-6-4-10-28-14/h3-6,9-12H,7-8H2,1-2H3/b15-11-,16-12-. The molecule has 2 aliphatic rings. The van der Waals surface area contributed by atoms with Crippen LogP contribution in [0.4, 0.5) is 0 Å². The molecule has 0 fully saturated rings. The first-order chi connectivity index (χ1) is 14.6. The summed E-state index contributed by atoms with van der Waals surface area (Å²) < 4.78 is 10.6. The van der Waals surface area contributed by atoms with Gasteiger partial charge in [-0.2, -0.15) is 0 Å². The molecule has 4 heterocycles. The van der Waals surface area contributed by atoms with Crippen LogP contribution in [0.5, 0.6) is 0 Å². The lowest BCUT2D eigenvalue weighted by Gasteiger charge is -2.22. The highest BCUT2D eigenvalue weighted by molar-refractivity contribution is 8.13. The van der Waals surface area contributed by atoms with Gasteiger partial charge in [-0.25, -0.2) is 9.98 Å². The van der Waals surface area contributed by atoms with Crippen LogP contribution in [-0.4, -0.2) is 57.6 Å². The lowest BCUT2D eigenvalue weighted by Crippen LogP contribution is -2.41. The smallest absolute Gasteiger partial charge is 0.278 e. The summed E-state index contributed by atoms with van der Waals surface area (Å²) in [6, 6.07) is 7.01. The van der Waals surface area contributed by atoms with E-state index in [9.17, 15) is 9.59 Å². The maximum absolute atomic E-state index is 12.8. The van der Waals surface area contributed by atoms with Crippen LogP contribution >= 0.6 is 23.5 Å². The molecule has 0 unspecified atom stereocenters. The number of carbonyl (C=O) groups is 2. The highest BCUT2D eigenvalue weighted by atomic mass is 32.2. The Morgan fingerprint density at radius 1 is 0.833 bits per heavy atom. The van der Waals surface area contributed by atoms with Gasteiger partial charge in [0.1, 0.15) is 22.9 Å². The Bertz CT molecular complexity index is 982. The molecule has 8 nitrogen and oxygen atoms in total. The van der Waals surface area contributed by atoms with Crippen molar-refractivity contribution in [3.05, 3.63) is 59.7 Å². The predicted molar refractivity (Wildman–Crippen MR) is 119 cm³/mol. The number of hydrogen-bond donors (Lipinski definition) is 0. The molecule has 0 saturated heterocycles. The minimum absolute atomic E-state index is 0.226. The van der Waals surface area contributed by atoms with Gasteiger partial charge in [0.2, 0.25) is 0 Å². The van der Waals surface area contributed by atoms with E-state index in [1.54, 1.807) is 58.7 Å². The third-order valence-corrected chi connectivity index (χ3v) is 5.73. The maximum Gasteiger partial charge on any atom is 0.278 e.